The maximum absolute atomic E-state index is 5.63. The number of rotatable bonds is 2. The SMILES string of the molecule is Cc1oc2ccccc2c1/C=C/CBr. The summed E-state index contributed by atoms with van der Waals surface area (Å²) >= 11 is 3.37. The molecule has 0 atom stereocenters. The van der Waals surface area contributed by atoms with Gasteiger partial charge in [0.25, 0.3) is 0 Å². The summed E-state index contributed by atoms with van der Waals surface area (Å²) in [6.45, 7) is 1.99. The second-order valence-electron chi connectivity index (χ2n) is 3.12. The number of hydrogen-bond acceptors (Lipinski definition) is 1. The number of furan rings is 1. The quantitative estimate of drug-likeness (QED) is 0.731. The lowest BCUT2D eigenvalue weighted by Gasteiger charge is -1.89. The summed E-state index contributed by atoms with van der Waals surface area (Å²) in [5.74, 6) is 0.975. The zero-order valence-electron chi connectivity index (χ0n) is 7.96. The molecule has 0 N–H and O–H groups in total. The Bertz CT molecular complexity index is 468. The van der Waals surface area contributed by atoms with Crippen LogP contribution in [0.1, 0.15) is 11.3 Å². The third-order valence-corrected chi connectivity index (χ3v) is 2.57. The van der Waals surface area contributed by atoms with E-state index in [2.05, 4.69) is 34.1 Å². The van der Waals surface area contributed by atoms with E-state index in [-0.39, 0.29) is 0 Å². The van der Waals surface area contributed by atoms with Gasteiger partial charge in [0.15, 0.2) is 0 Å². The Morgan fingerprint density at radius 1 is 1.36 bits per heavy atom. The van der Waals surface area contributed by atoms with Crippen molar-refractivity contribution in [2.45, 2.75) is 6.92 Å². The van der Waals surface area contributed by atoms with Gasteiger partial charge in [-0.2, -0.15) is 0 Å². The Kier molecular flexibility index (Phi) is 2.73. The highest BCUT2D eigenvalue weighted by atomic mass is 79.9. The van der Waals surface area contributed by atoms with E-state index < -0.39 is 0 Å². The highest BCUT2D eigenvalue weighted by Crippen LogP contribution is 2.26. The summed E-state index contributed by atoms with van der Waals surface area (Å²) in [5, 5.41) is 2.05. The lowest BCUT2D eigenvalue weighted by atomic mass is 10.1. The van der Waals surface area contributed by atoms with Crippen molar-refractivity contribution in [2.24, 2.45) is 0 Å². The van der Waals surface area contributed by atoms with Crippen LogP contribution in [-0.4, -0.2) is 5.33 Å². The van der Waals surface area contributed by atoms with Crippen LogP contribution in [0.3, 0.4) is 0 Å². The van der Waals surface area contributed by atoms with Crippen molar-refractivity contribution in [3.05, 3.63) is 41.7 Å². The van der Waals surface area contributed by atoms with E-state index in [4.69, 9.17) is 4.42 Å². The van der Waals surface area contributed by atoms with Gasteiger partial charge >= 0.3 is 0 Å². The number of halogens is 1. The Balaban J connectivity index is 2.62. The van der Waals surface area contributed by atoms with Gasteiger partial charge in [-0.3, -0.25) is 0 Å². The van der Waals surface area contributed by atoms with E-state index in [1.165, 1.54) is 10.9 Å². The maximum atomic E-state index is 5.63. The third-order valence-electron chi connectivity index (χ3n) is 2.19. The van der Waals surface area contributed by atoms with Crippen LogP contribution in [-0.2, 0) is 0 Å². The van der Waals surface area contributed by atoms with Gasteiger partial charge in [-0.1, -0.05) is 46.3 Å². The molecule has 2 heteroatoms. The lowest BCUT2D eigenvalue weighted by molar-refractivity contribution is 0.577. The van der Waals surface area contributed by atoms with Crippen molar-refractivity contribution >= 4 is 33.0 Å². The first-order valence-electron chi connectivity index (χ1n) is 4.53. The van der Waals surface area contributed by atoms with Gasteiger partial charge in [-0.05, 0) is 13.0 Å². The number of alkyl halides is 1. The lowest BCUT2D eigenvalue weighted by Crippen LogP contribution is -1.72. The van der Waals surface area contributed by atoms with Crippen LogP contribution >= 0.6 is 15.9 Å². The zero-order chi connectivity index (χ0) is 9.97. The smallest absolute Gasteiger partial charge is 0.134 e. The minimum Gasteiger partial charge on any atom is -0.461 e. The molecule has 0 unspecified atom stereocenters. The van der Waals surface area contributed by atoms with Gasteiger partial charge < -0.3 is 4.42 Å². The summed E-state index contributed by atoms with van der Waals surface area (Å²) in [7, 11) is 0. The largest absolute Gasteiger partial charge is 0.461 e. The average Bonchev–Trinajstić information content (AvgIpc) is 2.51. The number of hydrogen-bond donors (Lipinski definition) is 0. The molecular weight excluding hydrogens is 240 g/mol. The standard InChI is InChI=1S/C12H11BrO/c1-9-10(6-4-8-13)11-5-2-3-7-12(11)14-9/h2-7H,8H2,1H3/b6-4+. The molecule has 0 aliphatic heterocycles. The fraction of sp³-hybridized carbons (Fsp3) is 0.167. The first kappa shape index (κ1) is 9.53. The molecule has 0 aliphatic rings. The number of para-hydroxylation sites is 1. The normalized spacial score (nSPS) is 11.6. The topological polar surface area (TPSA) is 13.1 Å². The first-order valence-corrected chi connectivity index (χ1v) is 5.65. The Morgan fingerprint density at radius 3 is 2.93 bits per heavy atom. The molecule has 0 amide bonds. The van der Waals surface area contributed by atoms with Crippen molar-refractivity contribution < 1.29 is 4.42 Å². The first-order chi connectivity index (χ1) is 6.83. The number of benzene rings is 1. The highest BCUT2D eigenvalue weighted by Gasteiger charge is 2.06. The van der Waals surface area contributed by atoms with Gasteiger partial charge in [-0.25, -0.2) is 0 Å². The van der Waals surface area contributed by atoms with Crippen LogP contribution in [0.2, 0.25) is 0 Å². The van der Waals surface area contributed by atoms with Gasteiger partial charge in [-0.15, -0.1) is 0 Å². The predicted molar refractivity (Wildman–Crippen MR) is 63.8 cm³/mol. The molecule has 0 aliphatic carbocycles. The molecule has 0 radical (unpaired) electrons. The molecule has 2 aromatic rings. The fourth-order valence-corrected chi connectivity index (χ4v) is 1.74. The second-order valence-corrected chi connectivity index (χ2v) is 3.77. The summed E-state index contributed by atoms with van der Waals surface area (Å²) < 4.78 is 5.63. The molecule has 0 saturated heterocycles. The number of aryl methyl sites for hydroxylation is 1. The minimum atomic E-state index is 0.867. The number of allylic oxidation sites excluding steroid dienone is 1. The van der Waals surface area contributed by atoms with Crippen LogP contribution in [0.25, 0.3) is 17.0 Å². The van der Waals surface area contributed by atoms with Gasteiger partial charge in [0.05, 0.1) is 0 Å². The Labute approximate surface area is 91.5 Å². The second kappa shape index (κ2) is 4.01. The molecule has 72 valence electrons. The highest BCUT2D eigenvalue weighted by molar-refractivity contribution is 9.09. The van der Waals surface area contributed by atoms with Crippen molar-refractivity contribution in [1.29, 1.82) is 0 Å². The van der Waals surface area contributed by atoms with Crippen LogP contribution < -0.4 is 0 Å². The van der Waals surface area contributed by atoms with Crippen LogP contribution in [0.5, 0.6) is 0 Å². The van der Waals surface area contributed by atoms with Crippen molar-refractivity contribution in [2.75, 3.05) is 5.33 Å². The number of fused-ring (bicyclic) bond motifs is 1. The molecule has 1 heterocycles. The average molecular weight is 251 g/mol. The molecule has 0 fully saturated rings. The van der Waals surface area contributed by atoms with Gasteiger partial charge in [0.1, 0.15) is 11.3 Å². The fourth-order valence-electron chi connectivity index (χ4n) is 1.56. The Morgan fingerprint density at radius 2 is 2.14 bits per heavy atom. The molecule has 2 rings (SSSR count). The van der Waals surface area contributed by atoms with E-state index in [1.807, 2.05) is 25.1 Å². The van der Waals surface area contributed by atoms with Crippen molar-refractivity contribution in [1.82, 2.24) is 0 Å². The van der Waals surface area contributed by atoms with Crippen LogP contribution in [0.15, 0.2) is 34.8 Å². The Hall–Kier alpha value is -1.02. The van der Waals surface area contributed by atoms with Gasteiger partial charge in [0.2, 0.25) is 0 Å². The van der Waals surface area contributed by atoms with Crippen LogP contribution in [0, 0.1) is 6.92 Å². The molecule has 1 nitrogen and oxygen atoms in total. The van der Waals surface area contributed by atoms with E-state index >= 15 is 0 Å². The molecule has 1 aromatic heterocycles. The van der Waals surface area contributed by atoms with Crippen molar-refractivity contribution in [3.63, 3.8) is 0 Å². The molecular formula is C12H11BrO. The third kappa shape index (κ3) is 1.62. The van der Waals surface area contributed by atoms with Crippen molar-refractivity contribution in [3.8, 4) is 0 Å². The van der Waals surface area contributed by atoms with Gasteiger partial charge in [0, 0.05) is 16.3 Å². The molecule has 0 spiro atoms. The zero-order valence-corrected chi connectivity index (χ0v) is 9.54. The molecule has 14 heavy (non-hydrogen) atoms. The summed E-state index contributed by atoms with van der Waals surface area (Å²) in [6, 6.07) is 8.10. The summed E-state index contributed by atoms with van der Waals surface area (Å²) in [4.78, 5) is 0. The molecule has 0 bridgehead atoms. The van der Waals surface area contributed by atoms with E-state index in [0.717, 1.165) is 16.7 Å². The monoisotopic (exact) mass is 250 g/mol. The predicted octanol–water partition coefficient (Wildman–Crippen LogP) is 4.15. The summed E-state index contributed by atoms with van der Waals surface area (Å²) in [6.07, 6.45) is 4.17. The van der Waals surface area contributed by atoms with E-state index in [1.54, 1.807) is 0 Å². The van der Waals surface area contributed by atoms with E-state index in [0.29, 0.717) is 0 Å². The summed E-state index contributed by atoms with van der Waals surface area (Å²) in [5.41, 5.74) is 2.14. The maximum Gasteiger partial charge on any atom is 0.134 e. The minimum absolute atomic E-state index is 0.867. The van der Waals surface area contributed by atoms with Crippen LogP contribution in [0.4, 0.5) is 0 Å². The molecule has 0 saturated carbocycles. The van der Waals surface area contributed by atoms with E-state index in [9.17, 15) is 0 Å². The molecule has 1 aromatic carbocycles.